The predicted molar refractivity (Wildman–Crippen MR) is 67.3 cm³/mol. The normalized spacial score (nSPS) is 10.6. The van der Waals surface area contributed by atoms with E-state index < -0.39 is 0 Å². The molecule has 0 unspecified atom stereocenters. The fraction of sp³-hybridized carbons (Fsp3) is 0.700. The average Bonchev–Trinajstić information content (AvgIpc) is 2.70. The van der Waals surface area contributed by atoms with E-state index in [1.54, 1.807) is 7.11 Å². The molecular weight excluding hydrogens is 240 g/mol. The van der Waals surface area contributed by atoms with Gasteiger partial charge in [-0.05, 0) is 13.8 Å². The van der Waals surface area contributed by atoms with Gasteiger partial charge in [0, 0.05) is 31.1 Å². The van der Waals surface area contributed by atoms with Crippen LogP contribution >= 0.6 is 11.5 Å². The topological polar surface area (TPSA) is 76.1 Å². The zero-order valence-electron chi connectivity index (χ0n) is 10.3. The summed E-state index contributed by atoms with van der Waals surface area (Å²) in [7, 11) is 1.64. The van der Waals surface area contributed by atoms with Crippen molar-refractivity contribution in [2.75, 3.05) is 25.6 Å². The molecule has 1 heterocycles. The average molecular weight is 258 g/mol. The summed E-state index contributed by atoms with van der Waals surface area (Å²) in [6.45, 7) is 4.67. The highest BCUT2D eigenvalue weighted by Gasteiger charge is 2.06. The van der Waals surface area contributed by atoms with E-state index in [0.29, 0.717) is 18.2 Å². The molecule has 0 radical (unpaired) electrons. The number of carbonyl (C=O) groups is 1. The van der Waals surface area contributed by atoms with Crippen molar-refractivity contribution in [3.63, 3.8) is 0 Å². The summed E-state index contributed by atoms with van der Waals surface area (Å²) in [6, 6.07) is 0.149. The van der Waals surface area contributed by atoms with Gasteiger partial charge >= 0.3 is 0 Å². The van der Waals surface area contributed by atoms with Gasteiger partial charge in [0.2, 0.25) is 11.0 Å². The second-order valence-electron chi connectivity index (χ2n) is 3.83. The molecule has 0 aromatic carbocycles. The van der Waals surface area contributed by atoms with Crippen molar-refractivity contribution in [1.29, 1.82) is 0 Å². The van der Waals surface area contributed by atoms with Gasteiger partial charge < -0.3 is 15.4 Å². The van der Waals surface area contributed by atoms with Gasteiger partial charge in [-0.25, -0.2) is 4.98 Å². The summed E-state index contributed by atoms with van der Waals surface area (Å²) < 4.78 is 9.09. The van der Waals surface area contributed by atoms with Crippen LogP contribution in [0.5, 0.6) is 0 Å². The molecule has 0 aliphatic rings. The quantitative estimate of drug-likeness (QED) is 0.751. The van der Waals surface area contributed by atoms with Crippen molar-refractivity contribution in [3.8, 4) is 0 Å². The second-order valence-corrected chi connectivity index (χ2v) is 4.59. The maximum atomic E-state index is 11.4. The third-order valence-electron chi connectivity index (χ3n) is 1.85. The molecule has 0 aliphatic carbocycles. The van der Waals surface area contributed by atoms with Gasteiger partial charge in [-0.15, -0.1) is 0 Å². The lowest BCUT2D eigenvalue weighted by molar-refractivity contribution is -0.119. The number of hydrogen-bond donors (Lipinski definition) is 2. The highest BCUT2D eigenvalue weighted by molar-refractivity contribution is 7.09. The highest BCUT2D eigenvalue weighted by Crippen LogP contribution is 2.10. The summed E-state index contributed by atoms with van der Waals surface area (Å²) in [5.74, 6) is 0.692. The molecule has 6 nitrogen and oxygen atoms in total. The molecule has 0 fully saturated rings. The van der Waals surface area contributed by atoms with E-state index in [0.717, 1.165) is 5.82 Å². The van der Waals surface area contributed by atoms with E-state index in [-0.39, 0.29) is 18.5 Å². The molecule has 0 aliphatic heterocycles. The zero-order chi connectivity index (χ0) is 12.7. The SMILES string of the molecule is COCCc1nsc(NCC(=O)NC(C)C)n1. The molecule has 7 heteroatoms. The van der Waals surface area contributed by atoms with Gasteiger partial charge in [-0.3, -0.25) is 4.79 Å². The van der Waals surface area contributed by atoms with Crippen LogP contribution in [0.4, 0.5) is 5.13 Å². The number of hydrogen-bond acceptors (Lipinski definition) is 6. The van der Waals surface area contributed by atoms with Crippen molar-refractivity contribution >= 4 is 22.6 Å². The maximum absolute atomic E-state index is 11.4. The fourth-order valence-electron chi connectivity index (χ4n) is 1.15. The molecular formula is C10H18N4O2S. The number of methoxy groups -OCH3 is 1. The number of amides is 1. The Morgan fingerprint density at radius 1 is 1.53 bits per heavy atom. The number of anilines is 1. The van der Waals surface area contributed by atoms with E-state index in [1.807, 2.05) is 13.8 Å². The van der Waals surface area contributed by atoms with Gasteiger partial charge in [-0.1, -0.05) is 0 Å². The lowest BCUT2D eigenvalue weighted by Gasteiger charge is -2.07. The monoisotopic (exact) mass is 258 g/mol. The molecule has 96 valence electrons. The Morgan fingerprint density at radius 3 is 2.94 bits per heavy atom. The third kappa shape index (κ3) is 5.60. The van der Waals surface area contributed by atoms with Crippen molar-refractivity contribution < 1.29 is 9.53 Å². The molecule has 0 spiro atoms. The van der Waals surface area contributed by atoms with Crippen molar-refractivity contribution in [2.24, 2.45) is 0 Å². The summed E-state index contributed by atoms with van der Waals surface area (Å²) in [5, 5.41) is 6.39. The minimum absolute atomic E-state index is 0.0476. The van der Waals surface area contributed by atoms with Crippen LogP contribution in [0.1, 0.15) is 19.7 Å². The van der Waals surface area contributed by atoms with Crippen LogP contribution in [-0.2, 0) is 16.0 Å². The van der Waals surface area contributed by atoms with Crippen LogP contribution in [-0.4, -0.2) is 41.6 Å². The van der Waals surface area contributed by atoms with Crippen LogP contribution in [0.2, 0.25) is 0 Å². The van der Waals surface area contributed by atoms with Gasteiger partial charge in [0.05, 0.1) is 13.2 Å². The van der Waals surface area contributed by atoms with E-state index in [1.165, 1.54) is 11.5 Å². The minimum Gasteiger partial charge on any atom is -0.384 e. The van der Waals surface area contributed by atoms with Crippen molar-refractivity contribution in [1.82, 2.24) is 14.7 Å². The Hall–Kier alpha value is -1.21. The Labute approximate surface area is 105 Å². The standard InChI is InChI=1S/C10H18N4O2S/c1-7(2)12-9(15)6-11-10-13-8(14-17-10)4-5-16-3/h7H,4-6H2,1-3H3,(H,12,15)(H,11,13,14). The predicted octanol–water partition coefficient (Wildman–Crippen LogP) is 0.663. The van der Waals surface area contributed by atoms with Gasteiger partial charge in [0.15, 0.2) is 0 Å². The van der Waals surface area contributed by atoms with Crippen LogP contribution in [0.3, 0.4) is 0 Å². The molecule has 0 saturated heterocycles. The minimum atomic E-state index is -0.0476. The first-order valence-electron chi connectivity index (χ1n) is 5.46. The summed E-state index contributed by atoms with van der Waals surface area (Å²) in [5.41, 5.74) is 0. The van der Waals surface area contributed by atoms with Crippen LogP contribution in [0.25, 0.3) is 0 Å². The van der Waals surface area contributed by atoms with Gasteiger partial charge in [0.25, 0.3) is 0 Å². The first kappa shape index (κ1) is 13.9. The molecule has 0 bridgehead atoms. The fourth-order valence-corrected chi connectivity index (χ4v) is 1.76. The smallest absolute Gasteiger partial charge is 0.239 e. The summed E-state index contributed by atoms with van der Waals surface area (Å²) in [4.78, 5) is 15.6. The number of ether oxygens (including phenoxy) is 1. The van der Waals surface area contributed by atoms with Crippen LogP contribution in [0.15, 0.2) is 0 Å². The summed E-state index contributed by atoms with van der Waals surface area (Å²) >= 11 is 1.25. The number of aromatic nitrogens is 2. The second kappa shape index (κ2) is 7.18. The van der Waals surface area contributed by atoms with Gasteiger partial charge in [0.1, 0.15) is 5.82 Å². The van der Waals surface area contributed by atoms with E-state index in [9.17, 15) is 4.79 Å². The first-order chi connectivity index (χ1) is 8.11. The van der Waals surface area contributed by atoms with Gasteiger partial charge in [-0.2, -0.15) is 4.37 Å². The van der Waals surface area contributed by atoms with Crippen molar-refractivity contribution in [2.45, 2.75) is 26.3 Å². The van der Waals surface area contributed by atoms with Crippen LogP contribution < -0.4 is 10.6 Å². The lowest BCUT2D eigenvalue weighted by Crippen LogP contribution is -2.34. The Balaban J connectivity index is 2.31. The number of rotatable bonds is 7. The largest absolute Gasteiger partial charge is 0.384 e. The Morgan fingerprint density at radius 2 is 2.29 bits per heavy atom. The lowest BCUT2D eigenvalue weighted by atomic mass is 10.4. The number of nitrogens with zero attached hydrogens (tertiary/aromatic N) is 2. The van der Waals surface area contributed by atoms with Crippen LogP contribution in [0, 0.1) is 0 Å². The Kier molecular flexibility index (Phi) is 5.85. The zero-order valence-corrected chi connectivity index (χ0v) is 11.1. The highest BCUT2D eigenvalue weighted by atomic mass is 32.1. The molecule has 0 saturated carbocycles. The first-order valence-corrected chi connectivity index (χ1v) is 6.24. The number of carbonyl (C=O) groups excluding carboxylic acids is 1. The third-order valence-corrected chi connectivity index (χ3v) is 2.56. The van der Waals surface area contributed by atoms with Crippen molar-refractivity contribution in [3.05, 3.63) is 5.82 Å². The molecule has 17 heavy (non-hydrogen) atoms. The van der Waals surface area contributed by atoms with E-state index >= 15 is 0 Å². The van der Waals surface area contributed by atoms with E-state index in [2.05, 4.69) is 20.0 Å². The molecule has 1 aromatic rings. The maximum Gasteiger partial charge on any atom is 0.239 e. The number of nitrogens with one attached hydrogen (secondary N) is 2. The molecule has 1 amide bonds. The van der Waals surface area contributed by atoms with E-state index in [4.69, 9.17) is 4.74 Å². The molecule has 1 rings (SSSR count). The Bertz CT molecular complexity index is 354. The summed E-state index contributed by atoms with van der Waals surface area (Å²) in [6.07, 6.45) is 0.687. The molecule has 1 aromatic heterocycles. The molecule has 0 atom stereocenters. The molecule has 2 N–H and O–H groups in total.